The summed E-state index contributed by atoms with van der Waals surface area (Å²) in [6, 6.07) is 15.3. The number of nitrogens with zero attached hydrogens (tertiary/aromatic N) is 4. The smallest absolute Gasteiger partial charge is 0.259 e. The van der Waals surface area contributed by atoms with Crippen LogP contribution in [0.5, 0.6) is 5.75 Å². The lowest BCUT2D eigenvalue weighted by Gasteiger charge is -2.38. The van der Waals surface area contributed by atoms with E-state index in [2.05, 4.69) is 21.8 Å². The molecule has 2 aromatic heterocycles. The van der Waals surface area contributed by atoms with Crippen molar-refractivity contribution in [2.75, 3.05) is 33.2 Å². The number of hydrogen-bond acceptors (Lipinski definition) is 5. The average Bonchev–Trinajstić information content (AvgIpc) is 2.76. The summed E-state index contributed by atoms with van der Waals surface area (Å²) < 4.78 is 1.73. The Morgan fingerprint density at radius 3 is 2.47 bits per heavy atom. The van der Waals surface area contributed by atoms with Gasteiger partial charge in [0.25, 0.3) is 5.56 Å². The molecule has 0 unspecified atom stereocenters. The van der Waals surface area contributed by atoms with E-state index in [1.165, 1.54) is 0 Å². The van der Waals surface area contributed by atoms with Crippen molar-refractivity contribution in [3.63, 3.8) is 0 Å². The molecule has 30 heavy (non-hydrogen) atoms. The van der Waals surface area contributed by atoms with Crippen LogP contribution in [0.3, 0.4) is 0 Å². The zero-order chi connectivity index (χ0) is 21.1. The van der Waals surface area contributed by atoms with Crippen molar-refractivity contribution in [3.05, 3.63) is 93.7 Å². The lowest BCUT2D eigenvalue weighted by atomic mass is 9.96. The molecule has 0 radical (unpaired) electrons. The molecule has 4 rings (SSSR count). The van der Waals surface area contributed by atoms with Crippen molar-refractivity contribution >= 4 is 0 Å². The second-order valence-electron chi connectivity index (χ2n) is 7.99. The summed E-state index contributed by atoms with van der Waals surface area (Å²) in [6.07, 6.45) is 3.49. The highest BCUT2D eigenvalue weighted by Crippen LogP contribution is 2.33. The zero-order valence-corrected chi connectivity index (χ0v) is 17.5. The maximum atomic E-state index is 13.7. The number of aryl methyl sites for hydroxylation is 1. The van der Waals surface area contributed by atoms with E-state index >= 15 is 0 Å². The molecule has 1 aliphatic heterocycles. The summed E-state index contributed by atoms with van der Waals surface area (Å²) in [5, 5.41) is 10.9. The van der Waals surface area contributed by atoms with Crippen molar-refractivity contribution < 1.29 is 5.11 Å². The molecule has 0 spiro atoms. The lowest BCUT2D eigenvalue weighted by molar-refractivity contribution is 0.125. The van der Waals surface area contributed by atoms with Crippen molar-refractivity contribution in [2.24, 2.45) is 0 Å². The number of piperazine rings is 1. The van der Waals surface area contributed by atoms with Crippen LogP contribution in [0, 0.1) is 6.92 Å². The third kappa shape index (κ3) is 4.15. The van der Waals surface area contributed by atoms with Crippen LogP contribution in [0.4, 0.5) is 0 Å². The first-order chi connectivity index (χ1) is 14.5. The fourth-order valence-electron chi connectivity index (χ4n) is 4.17. The second kappa shape index (κ2) is 8.81. The van der Waals surface area contributed by atoms with Crippen LogP contribution in [0.2, 0.25) is 0 Å². The van der Waals surface area contributed by atoms with E-state index < -0.39 is 0 Å². The molecule has 3 heterocycles. The molecule has 6 nitrogen and oxygen atoms in total. The minimum Gasteiger partial charge on any atom is -0.507 e. The zero-order valence-electron chi connectivity index (χ0n) is 17.5. The Kier molecular flexibility index (Phi) is 5.97. The van der Waals surface area contributed by atoms with E-state index in [9.17, 15) is 9.90 Å². The van der Waals surface area contributed by atoms with E-state index in [1.807, 2.05) is 49.4 Å². The van der Waals surface area contributed by atoms with Gasteiger partial charge in [-0.15, -0.1) is 0 Å². The quantitative estimate of drug-likeness (QED) is 0.708. The van der Waals surface area contributed by atoms with E-state index in [0.29, 0.717) is 12.1 Å². The number of aromatic hydroxyl groups is 1. The topological polar surface area (TPSA) is 61.6 Å². The summed E-state index contributed by atoms with van der Waals surface area (Å²) in [7, 11) is 2.11. The molecule has 156 valence electrons. The molecule has 0 amide bonds. The minimum absolute atomic E-state index is 0.0627. The number of likely N-dealkylation sites (N-methyl/N-ethyl adjacent to an activating group) is 1. The van der Waals surface area contributed by atoms with Crippen molar-refractivity contribution in [3.8, 4) is 5.75 Å². The van der Waals surface area contributed by atoms with Gasteiger partial charge in [-0.05, 0) is 37.2 Å². The van der Waals surface area contributed by atoms with Crippen LogP contribution in [0.15, 0.2) is 65.7 Å². The van der Waals surface area contributed by atoms with Gasteiger partial charge in [0.2, 0.25) is 0 Å². The Bertz CT molecular complexity index is 1040. The number of pyridine rings is 2. The third-order valence-corrected chi connectivity index (χ3v) is 5.88. The van der Waals surface area contributed by atoms with Crippen molar-refractivity contribution in [1.29, 1.82) is 0 Å². The monoisotopic (exact) mass is 404 g/mol. The molecule has 1 N–H and O–H groups in total. The molecule has 0 bridgehead atoms. The fourth-order valence-corrected chi connectivity index (χ4v) is 4.17. The first-order valence-corrected chi connectivity index (χ1v) is 10.3. The molecule has 1 aliphatic rings. The highest BCUT2D eigenvalue weighted by molar-refractivity contribution is 5.41. The molecule has 0 saturated carbocycles. The molecule has 1 fully saturated rings. The highest BCUT2D eigenvalue weighted by Gasteiger charge is 2.30. The Balaban J connectivity index is 1.82. The highest BCUT2D eigenvalue weighted by atomic mass is 16.3. The first kappa shape index (κ1) is 20.3. The Morgan fingerprint density at radius 1 is 1.07 bits per heavy atom. The van der Waals surface area contributed by atoms with E-state index in [1.54, 1.807) is 23.0 Å². The van der Waals surface area contributed by atoms with Crippen LogP contribution >= 0.6 is 0 Å². The molecular formula is C24H28N4O2. The minimum atomic E-state index is -0.284. The van der Waals surface area contributed by atoms with Gasteiger partial charge in [0.15, 0.2) is 0 Å². The van der Waals surface area contributed by atoms with Crippen LogP contribution in [-0.4, -0.2) is 57.7 Å². The van der Waals surface area contributed by atoms with Crippen LogP contribution < -0.4 is 5.56 Å². The lowest BCUT2D eigenvalue weighted by Crippen LogP contribution is -2.47. The van der Waals surface area contributed by atoms with E-state index in [-0.39, 0.29) is 17.4 Å². The average molecular weight is 405 g/mol. The van der Waals surface area contributed by atoms with Gasteiger partial charge in [0.05, 0.1) is 18.2 Å². The summed E-state index contributed by atoms with van der Waals surface area (Å²) >= 11 is 0. The number of benzene rings is 1. The molecule has 1 aromatic carbocycles. The van der Waals surface area contributed by atoms with Gasteiger partial charge >= 0.3 is 0 Å². The normalized spacial score (nSPS) is 16.5. The van der Waals surface area contributed by atoms with Gasteiger partial charge in [0, 0.05) is 44.3 Å². The molecule has 1 saturated heterocycles. The number of hydrogen-bond donors (Lipinski definition) is 1. The van der Waals surface area contributed by atoms with Crippen LogP contribution in [0.1, 0.15) is 28.4 Å². The fraction of sp³-hybridized carbons (Fsp3) is 0.333. The van der Waals surface area contributed by atoms with Crippen LogP contribution in [-0.2, 0) is 6.54 Å². The number of rotatable bonds is 5. The van der Waals surface area contributed by atoms with E-state index in [4.69, 9.17) is 0 Å². The predicted octanol–water partition coefficient (Wildman–Crippen LogP) is 2.64. The molecule has 6 heteroatoms. The Hall–Kier alpha value is -2.96. The summed E-state index contributed by atoms with van der Waals surface area (Å²) in [6.45, 7) is 5.82. The maximum Gasteiger partial charge on any atom is 0.259 e. The molecule has 3 aromatic rings. The van der Waals surface area contributed by atoms with Crippen LogP contribution in [0.25, 0.3) is 0 Å². The summed E-state index contributed by atoms with van der Waals surface area (Å²) in [4.78, 5) is 22.4. The second-order valence-corrected chi connectivity index (χ2v) is 7.99. The Morgan fingerprint density at radius 2 is 1.80 bits per heavy atom. The van der Waals surface area contributed by atoms with Crippen molar-refractivity contribution in [2.45, 2.75) is 19.5 Å². The Labute approximate surface area is 177 Å². The van der Waals surface area contributed by atoms with Gasteiger partial charge in [-0.2, -0.15) is 0 Å². The summed E-state index contributed by atoms with van der Waals surface area (Å²) in [5.74, 6) is 0.0627. The molecule has 1 atom stereocenters. The van der Waals surface area contributed by atoms with E-state index in [0.717, 1.165) is 43.0 Å². The van der Waals surface area contributed by atoms with Gasteiger partial charge in [-0.1, -0.05) is 36.4 Å². The van der Waals surface area contributed by atoms with Gasteiger partial charge in [-0.25, -0.2) is 0 Å². The molecular weight excluding hydrogens is 376 g/mol. The largest absolute Gasteiger partial charge is 0.507 e. The maximum absolute atomic E-state index is 13.7. The van der Waals surface area contributed by atoms with Gasteiger partial charge < -0.3 is 14.6 Å². The number of aromatic nitrogens is 2. The van der Waals surface area contributed by atoms with Crippen molar-refractivity contribution in [1.82, 2.24) is 19.4 Å². The first-order valence-electron chi connectivity index (χ1n) is 10.3. The SMILES string of the molecule is Cc1cc(O)c([C@H](c2ccccc2)N2CCN(C)CC2)c(=O)n1Cc1cccnc1. The predicted molar refractivity (Wildman–Crippen MR) is 118 cm³/mol. The summed E-state index contributed by atoms with van der Waals surface area (Å²) in [5.41, 5.74) is 3.00. The molecule has 0 aliphatic carbocycles. The third-order valence-electron chi connectivity index (χ3n) is 5.88. The van der Waals surface area contributed by atoms with Gasteiger partial charge in [0.1, 0.15) is 5.75 Å². The standard InChI is InChI=1S/C24H28N4O2/c1-18-15-21(29)22(24(30)28(18)17-19-7-6-10-25-16-19)23(20-8-4-3-5-9-20)27-13-11-26(2)12-14-27/h3-10,15-16,23,29H,11-14,17H2,1-2H3/t23-/m0/s1. The van der Waals surface area contributed by atoms with Gasteiger partial charge in [-0.3, -0.25) is 14.7 Å².